The molecule has 1 fully saturated rings. The van der Waals surface area contributed by atoms with E-state index in [2.05, 4.69) is 0 Å². The maximum absolute atomic E-state index is 12.9. The van der Waals surface area contributed by atoms with Crippen molar-refractivity contribution in [2.75, 3.05) is 6.61 Å². The normalized spacial score (nSPS) is 16.2. The lowest BCUT2D eigenvalue weighted by atomic mass is 10.1. The number of esters is 1. The van der Waals surface area contributed by atoms with Gasteiger partial charge in [-0.1, -0.05) is 72.5 Å². The molecule has 0 aromatic heterocycles. The number of thioether (sulfide) groups is 1. The van der Waals surface area contributed by atoms with Gasteiger partial charge in [0.05, 0.1) is 11.5 Å². The number of rotatable bonds is 7. The summed E-state index contributed by atoms with van der Waals surface area (Å²) in [7, 11) is 0. The molecule has 150 valence electrons. The van der Waals surface area contributed by atoms with E-state index < -0.39 is 12.0 Å². The first-order chi connectivity index (χ1) is 14.0. The third-order valence-electron chi connectivity index (χ3n) is 4.28. The standard InChI is InChI=1S/C22H21NO4S2/c1-3-26-21(25)15(2)23-20(24)19(29-22(23)28)13-17-11-7-8-12-18(17)27-14-16-9-5-4-6-10-16/h4-13,15H,3,14H2,1-2H3/b19-13-. The third kappa shape index (κ3) is 5.05. The molecule has 0 radical (unpaired) electrons. The fraction of sp³-hybridized carbons (Fsp3) is 0.227. The molecule has 2 aromatic rings. The Balaban J connectivity index is 1.79. The summed E-state index contributed by atoms with van der Waals surface area (Å²) in [5.74, 6) is -0.116. The van der Waals surface area contributed by atoms with E-state index in [-0.39, 0.29) is 12.5 Å². The zero-order valence-electron chi connectivity index (χ0n) is 16.2. The Labute approximate surface area is 179 Å². The molecule has 1 amide bonds. The Morgan fingerprint density at radius 1 is 1.17 bits per heavy atom. The average molecular weight is 428 g/mol. The van der Waals surface area contributed by atoms with Crippen molar-refractivity contribution in [3.63, 3.8) is 0 Å². The van der Waals surface area contributed by atoms with Crippen LogP contribution < -0.4 is 4.74 Å². The highest BCUT2D eigenvalue weighted by atomic mass is 32.2. The zero-order valence-corrected chi connectivity index (χ0v) is 17.8. The van der Waals surface area contributed by atoms with Crippen LogP contribution in [0.15, 0.2) is 59.5 Å². The lowest BCUT2D eigenvalue weighted by Crippen LogP contribution is -2.42. The van der Waals surface area contributed by atoms with Gasteiger partial charge in [0.15, 0.2) is 0 Å². The lowest BCUT2D eigenvalue weighted by molar-refractivity contribution is -0.149. The average Bonchev–Trinajstić information content (AvgIpc) is 3.00. The van der Waals surface area contributed by atoms with Crippen molar-refractivity contribution >= 4 is 46.3 Å². The molecular weight excluding hydrogens is 406 g/mol. The van der Waals surface area contributed by atoms with E-state index in [1.165, 1.54) is 16.7 Å². The maximum Gasteiger partial charge on any atom is 0.329 e. The highest BCUT2D eigenvalue weighted by molar-refractivity contribution is 8.26. The minimum absolute atomic E-state index is 0.250. The van der Waals surface area contributed by atoms with E-state index >= 15 is 0 Å². The molecule has 1 aliphatic heterocycles. The molecule has 0 aliphatic carbocycles. The summed E-state index contributed by atoms with van der Waals surface area (Å²) in [6, 6.07) is 16.6. The second-order valence-electron chi connectivity index (χ2n) is 6.29. The molecule has 1 heterocycles. The highest BCUT2D eigenvalue weighted by Gasteiger charge is 2.38. The molecule has 7 heteroatoms. The van der Waals surface area contributed by atoms with Crippen LogP contribution in [0.3, 0.4) is 0 Å². The van der Waals surface area contributed by atoms with Crippen molar-refractivity contribution in [3.8, 4) is 5.75 Å². The van der Waals surface area contributed by atoms with Crippen molar-refractivity contribution in [1.82, 2.24) is 4.90 Å². The molecule has 0 spiro atoms. The van der Waals surface area contributed by atoms with Gasteiger partial charge in [0.25, 0.3) is 5.91 Å². The lowest BCUT2D eigenvalue weighted by Gasteiger charge is -2.21. The predicted octanol–water partition coefficient (Wildman–Crippen LogP) is 4.42. The molecule has 1 unspecified atom stereocenters. The first-order valence-electron chi connectivity index (χ1n) is 9.20. The number of thiocarbonyl (C=S) groups is 1. The Hall–Kier alpha value is -2.64. The van der Waals surface area contributed by atoms with Gasteiger partial charge in [0.2, 0.25) is 0 Å². The summed E-state index contributed by atoms with van der Waals surface area (Å²) in [4.78, 5) is 26.6. The van der Waals surface area contributed by atoms with E-state index in [9.17, 15) is 9.59 Å². The van der Waals surface area contributed by atoms with E-state index in [1.807, 2.05) is 54.6 Å². The molecule has 29 heavy (non-hydrogen) atoms. The molecule has 0 saturated carbocycles. The van der Waals surface area contributed by atoms with Crippen LogP contribution in [0.1, 0.15) is 25.0 Å². The van der Waals surface area contributed by atoms with Crippen molar-refractivity contribution in [2.45, 2.75) is 26.5 Å². The highest BCUT2D eigenvalue weighted by Crippen LogP contribution is 2.35. The van der Waals surface area contributed by atoms with Crippen molar-refractivity contribution < 1.29 is 19.1 Å². The zero-order chi connectivity index (χ0) is 20.8. The van der Waals surface area contributed by atoms with Crippen LogP contribution in [0.4, 0.5) is 0 Å². The van der Waals surface area contributed by atoms with Crippen LogP contribution in [0.25, 0.3) is 6.08 Å². The number of hydrogen-bond donors (Lipinski definition) is 0. The molecule has 2 aromatic carbocycles. The van der Waals surface area contributed by atoms with E-state index in [0.29, 0.717) is 21.6 Å². The molecule has 3 rings (SSSR count). The molecule has 1 atom stereocenters. The van der Waals surface area contributed by atoms with Gasteiger partial charge in [-0.25, -0.2) is 4.79 Å². The van der Waals surface area contributed by atoms with Gasteiger partial charge in [-0.05, 0) is 31.6 Å². The van der Waals surface area contributed by atoms with Crippen LogP contribution in [0.5, 0.6) is 5.75 Å². The number of hydrogen-bond acceptors (Lipinski definition) is 6. The molecule has 0 N–H and O–H groups in total. The van der Waals surface area contributed by atoms with Gasteiger partial charge in [0, 0.05) is 5.56 Å². The first kappa shape index (κ1) is 21.1. The van der Waals surface area contributed by atoms with E-state index in [0.717, 1.165) is 11.1 Å². The van der Waals surface area contributed by atoms with Gasteiger partial charge in [0.1, 0.15) is 22.7 Å². The Morgan fingerprint density at radius 2 is 1.86 bits per heavy atom. The second-order valence-corrected chi connectivity index (χ2v) is 7.97. The van der Waals surface area contributed by atoms with Crippen LogP contribution in [0, 0.1) is 0 Å². The van der Waals surface area contributed by atoms with Crippen molar-refractivity contribution in [1.29, 1.82) is 0 Å². The predicted molar refractivity (Wildman–Crippen MR) is 118 cm³/mol. The van der Waals surface area contributed by atoms with Crippen molar-refractivity contribution in [2.24, 2.45) is 0 Å². The van der Waals surface area contributed by atoms with Crippen LogP contribution >= 0.6 is 24.0 Å². The minimum atomic E-state index is -0.766. The smallest absolute Gasteiger partial charge is 0.329 e. The van der Waals surface area contributed by atoms with E-state index in [1.54, 1.807) is 19.9 Å². The van der Waals surface area contributed by atoms with Gasteiger partial charge in [-0.15, -0.1) is 0 Å². The number of nitrogens with zero attached hydrogens (tertiary/aromatic N) is 1. The summed E-state index contributed by atoms with van der Waals surface area (Å²) in [5, 5.41) is 0. The van der Waals surface area contributed by atoms with Gasteiger partial charge >= 0.3 is 5.97 Å². The number of carbonyl (C=O) groups is 2. The number of ether oxygens (including phenoxy) is 2. The van der Waals surface area contributed by atoms with E-state index in [4.69, 9.17) is 21.7 Å². The summed E-state index contributed by atoms with van der Waals surface area (Å²) >= 11 is 6.50. The molecular formula is C22H21NO4S2. The minimum Gasteiger partial charge on any atom is -0.488 e. The van der Waals surface area contributed by atoms with Crippen LogP contribution in [-0.4, -0.2) is 33.7 Å². The Morgan fingerprint density at radius 3 is 2.59 bits per heavy atom. The monoisotopic (exact) mass is 427 g/mol. The fourth-order valence-corrected chi connectivity index (χ4v) is 4.20. The molecule has 5 nitrogen and oxygen atoms in total. The van der Waals surface area contributed by atoms with Gasteiger partial charge in [-0.2, -0.15) is 0 Å². The number of carbonyl (C=O) groups excluding carboxylic acids is 2. The summed E-state index contributed by atoms with van der Waals surface area (Å²) < 4.78 is 11.3. The maximum atomic E-state index is 12.9. The van der Waals surface area contributed by atoms with Crippen molar-refractivity contribution in [3.05, 3.63) is 70.6 Å². The number of benzene rings is 2. The first-order valence-corrected chi connectivity index (χ1v) is 10.4. The number of para-hydroxylation sites is 1. The second kappa shape index (κ2) is 9.71. The molecule has 1 aliphatic rings. The van der Waals surface area contributed by atoms with Crippen LogP contribution in [0.2, 0.25) is 0 Å². The topological polar surface area (TPSA) is 55.8 Å². The number of amides is 1. The summed E-state index contributed by atoms with van der Waals surface area (Å²) in [5.41, 5.74) is 1.82. The van der Waals surface area contributed by atoms with Gasteiger partial charge < -0.3 is 9.47 Å². The molecule has 0 bridgehead atoms. The Bertz CT molecular complexity index is 943. The fourth-order valence-electron chi connectivity index (χ4n) is 2.79. The molecule has 1 saturated heterocycles. The largest absolute Gasteiger partial charge is 0.488 e. The van der Waals surface area contributed by atoms with Gasteiger partial charge in [-0.3, -0.25) is 9.69 Å². The summed E-state index contributed by atoms with van der Waals surface area (Å²) in [6.07, 6.45) is 1.75. The SMILES string of the molecule is CCOC(=O)C(C)N1C(=O)/C(=C/c2ccccc2OCc2ccccc2)SC1=S. The Kier molecular flexibility index (Phi) is 7.06. The summed E-state index contributed by atoms with van der Waals surface area (Å²) in [6.45, 7) is 4.01. The van der Waals surface area contributed by atoms with Crippen LogP contribution in [-0.2, 0) is 20.9 Å². The quantitative estimate of drug-likeness (QED) is 0.370. The third-order valence-corrected chi connectivity index (χ3v) is 5.61.